The number of rotatable bonds is 5. The lowest BCUT2D eigenvalue weighted by molar-refractivity contribution is 0.0761. The van der Waals surface area contributed by atoms with Crippen molar-refractivity contribution in [1.29, 1.82) is 0 Å². The number of carbonyl (C=O) groups excluding carboxylic acids is 1. The quantitative estimate of drug-likeness (QED) is 0.791. The third kappa shape index (κ3) is 5.71. The summed E-state index contributed by atoms with van der Waals surface area (Å²) in [6, 6.07) is 14.0. The normalized spacial score (nSPS) is 16.7. The lowest BCUT2D eigenvalue weighted by atomic mass is 10.1. The highest BCUT2D eigenvalue weighted by Gasteiger charge is 2.20. The third-order valence-electron chi connectivity index (χ3n) is 4.74. The minimum Gasteiger partial charge on any atom is -0.337 e. The van der Waals surface area contributed by atoms with Gasteiger partial charge in [-0.25, -0.2) is 4.39 Å². The van der Waals surface area contributed by atoms with E-state index in [1.807, 2.05) is 41.3 Å². The van der Waals surface area contributed by atoms with Crippen molar-refractivity contribution in [1.82, 2.24) is 9.80 Å². The Hall–Kier alpha value is -2.05. The molecule has 1 fully saturated rings. The second-order valence-electron chi connectivity index (χ2n) is 6.97. The standard InChI is InChI=1S/C21H25FN2O2S/c1-27(26)16-18-4-2-5-19(14-18)21(25)24-11-3-10-23(12-13-24)15-17-6-8-20(22)9-7-17/h2,4-9,14H,3,10-13,15-16H2,1H3. The van der Waals surface area contributed by atoms with E-state index in [1.165, 1.54) is 12.1 Å². The zero-order valence-electron chi connectivity index (χ0n) is 15.6. The maximum absolute atomic E-state index is 13.1. The van der Waals surface area contributed by atoms with E-state index in [0.29, 0.717) is 17.9 Å². The van der Waals surface area contributed by atoms with Crippen LogP contribution in [0.5, 0.6) is 0 Å². The second-order valence-corrected chi connectivity index (χ2v) is 8.40. The number of amides is 1. The maximum Gasteiger partial charge on any atom is 0.253 e. The van der Waals surface area contributed by atoms with Gasteiger partial charge in [0.05, 0.1) is 0 Å². The Morgan fingerprint density at radius 3 is 2.56 bits per heavy atom. The van der Waals surface area contributed by atoms with Crippen LogP contribution in [0.2, 0.25) is 0 Å². The van der Waals surface area contributed by atoms with E-state index < -0.39 is 10.8 Å². The second kappa shape index (κ2) is 9.24. The lowest BCUT2D eigenvalue weighted by Crippen LogP contribution is -2.35. The van der Waals surface area contributed by atoms with Crippen LogP contribution in [0.25, 0.3) is 0 Å². The van der Waals surface area contributed by atoms with Crippen molar-refractivity contribution in [3.63, 3.8) is 0 Å². The Bertz CT molecular complexity index is 810. The number of hydrogen-bond acceptors (Lipinski definition) is 3. The van der Waals surface area contributed by atoms with Gasteiger partial charge in [-0.2, -0.15) is 0 Å². The molecular weight excluding hydrogens is 363 g/mol. The van der Waals surface area contributed by atoms with E-state index in [0.717, 1.165) is 43.7 Å². The molecule has 4 nitrogen and oxygen atoms in total. The van der Waals surface area contributed by atoms with Gasteiger partial charge in [-0.15, -0.1) is 0 Å². The molecular formula is C21H25FN2O2S. The predicted octanol–water partition coefficient (Wildman–Crippen LogP) is 3.05. The van der Waals surface area contributed by atoms with Gasteiger partial charge in [0.1, 0.15) is 5.82 Å². The zero-order chi connectivity index (χ0) is 19.2. The highest BCUT2D eigenvalue weighted by molar-refractivity contribution is 7.83. The molecule has 0 N–H and O–H groups in total. The van der Waals surface area contributed by atoms with Gasteiger partial charge >= 0.3 is 0 Å². The van der Waals surface area contributed by atoms with E-state index in [1.54, 1.807) is 6.26 Å². The molecule has 2 aromatic rings. The first-order valence-corrected chi connectivity index (χ1v) is 10.9. The highest BCUT2D eigenvalue weighted by atomic mass is 32.2. The van der Waals surface area contributed by atoms with E-state index in [-0.39, 0.29) is 11.7 Å². The molecule has 1 amide bonds. The molecule has 1 aliphatic rings. The molecule has 0 saturated carbocycles. The molecule has 1 atom stereocenters. The Labute approximate surface area is 162 Å². The molecule has 1 unspecified atom stereocenters. The predicted molar refractivity (Wildman–Crippen MR) is 106 cm³/mol. The Morgan fingerprint density at radius 2 is 1.81 bits per heavy atom. The summed E-state index contributed by atoms with van der Waals surface area (Å²) in [4.78, 5) is 17.1. The topological polar surface area (TPSA) is 40.6 Å². The van der Waals surface area contributed by atoms with Crippen molar-refractivity contribution in [2.24, 2.45) is 0 Å². The van der Waals surface area contributed by atoms with Gasteiger partial charge in [-0.05, 0) is 41.8 Å². The summed E-state index contributed by atoms with van der Waals surface area (Å²) in [6.45, 7) is 3.87. The van der Waals surface area contributed by atoms with Crippen LogP contribution in [-0.2, 0) is 23.1 Å². The van der Waals surface area contributed by atoms with Gasteiger partial charge < -0.3 is 4.90 Å². The van der Waals surface area contributed by atoms with Crippen molar-refractivity contribution in [3.8, 4) is 0 Å². The molecule has 3 rings (SSSR count). The molecule has 0 aromatic heterocycles. The van der Waals surface area contributed by atoms with Crippen molar-refractivity contribution < 1.29 is 13.4 Å². The van der Waals surface area contributed by atoms with Crippen LogP contribution in [0.4, 0.5) is 4.39 Å². The molecule has 0 radical (unpaired) electrons. The van der Waals surface area contributed by atoms with Gasteiger partial charge in [0.2, 0.25) is 0 Å². The van der Waals surface area contributed by atoms with Crippen LogP contribution in [0, 0.1) is 5.82 Å². The fraction of sp³-hybridized carbons (Fsp3) is 0.381. The molecule has 0 bridgehead atoms. The summed E-state index contributed by atoms with van der Waals surface area (Å²) in [5.74, 6) is 0.273. The summed E-state index contributed by atoms with van der Waals surface area (Å²) in [5, 5.41) is 0. The molecule has 6 heteroatoms. The summed E-state index contributed by atoms with van der Waals surface area (Å²) >= 11 is 0. The number of benzene rings is 2. The highest BCUT2D eigenvalue weighted by Crippen LogP contribution is 2.14. The smallest absolute Gasteiger partial charge is 0.253 e. The minimum absolute atomic E-state index is 0.0300. The van der Waals surface area contributed by atoms with Crippen LogP contribution in [0.1, 0.15) is 27.9 Å². The van der Waals surface area contributed by atoms with Crippen LogP contribution in [-0.4, -0.2) is 52.4 Å². The fourth-order valence-corrected chi connectivity index (χ4v) is 4.04. The van der Waals surface area contributed by atoms with Crippen LogP contribution < -0.4 is 0 Å². The molecule has 2 aromatic carbocycles. The zero-order valence-corrected chi connectivity index (χ0v) is 16.4. The molecule has 144 valence electrons. The van der Waals surface area contributed by atoms with E-state index in [4.69, 9.17) is 0 Å². The van der Waals surface area contributed by atoms with Crippen LogP contribution >= 0.6 is 0 Å². The average molecular weight is 389 g/mol. The van der Waals surface area contributed by atoms with E-state index in [2.05, 4.69) is 4.90 Å². The molecule has 1 saturated heterocycles. The number of hydrogen-bond donors (Lipinski definition) is 0. The van der Waals surface area contributed by atoms with Crippen molar-refractivity contribution in [2.45, 2.75) is 18.7 Å². The van der Waals surface area contributed by atoms with Gasteiger partial charge in [-0.3, -0.25) is 13.9 Å². The Balaban J connectivity index is 1.61. The van der Waals surface area contributed by atoms with Gasteiger partial charge in [-0.1, -0.05) is 24.3 Å². The fourth-order valence-electron chi connectivity index (χ4n) is 3.39. The number of nitrogens with zero attached hydrogens (tertiary/aromatic N) is 2. The molecule has 27 heavy (non-hydrogen) atoms. The van der Waals surface area contributed by atoms with Crippen molar-refractivity contribution >= 4 is 16.7 Å². The third-order valence-corrected chi connectivity index (χ3v) is 5.48. The van der Waals surface area contributed by atoms with E-state index in [9.17, 15) is 13.4 Å². The monoisotopic (exact) mass is 388 g/mol. The summed E-state index contributed by atoms with van der Waals surface area (Å²) in [6.07, 6.45) is 2.57. The van der Waals surface area contributed by atoms with E-state index >= 15 is 0 Å². The number of carbonyl (C=O) groups is 1. The van der Waals surface area contributed by atoms with Gasteiger partial charge in [0, 0.05) is 61.1 Å². The maximum atomic E-state index is 13.1. The summed E-state index contributed by atoms with van der Waals surface area (Å²) in [7, 11) is -0.926. The van der Waals surface area contributed by atoms with Gasteiger partial charge in [0.25, 0.3) is 5.91 Å². The summed E-state index contributed by atoms with van der Waals surface area (Å²) < 4.78 is 24.5. The van der Waals surface area contributed by atoms with Crippen LogP contribution in [0.15, 0.2) is 48.5 Å². The Morgan fingerprint density at radius 1 is 1.04 bits per heavy atom. The first-order chi connectivity index (χ1) is 13.0. The molecule has 0 spiro atoms. The lowest BCUT2D eigenvalue weighted by Gasteiger charge is -2.22. The first-order valence-electron chi connectivity index (χ1n) is 9.16. The minimum atomic E-state index is -0.926. The molecule has 1 heterocycles. The summed E-state index contributed by atoms with van der Waals surface area (Å²) in [5.41, 5.74) is 2.66. The van der Waals surface area contributed by atoms with Crippen LogP contribution in [0.3, 0.4) is 0 Å². The largest absolute Gasteiger partial charge is 0.337 e. The molecule has 0 aliphatic carbocycles. The average Bonchev–Trinajstić information content (AvgIpc) is 2.88. The first kappa shape index (κ1) is 19.7. The number of halogens is 1. The Kier molecular flexibility index (Phi) is 6.74. The molecule has 1 aliphatic heterocycles. The van der Waals surface area contributed by atoms with Crippen molar-refractivity contribution in [2.75, 3.05) is 32.4 Å². The van der Waals surface area contributed by atoms with Crippen molar-refractivity contribution in [3.05, 3.63) is 71.0 Å². The van der Waals surface area contributed by atoms with Gasteiger partial charge in [0.15, 0.2) is 0 Å². The SMILES string of the molecule is CS(=O)Cc1cccc(C(=O)N2CCCN(Cc3ccc(F)cc3)CC2)c1.